The Balaban J connectivity index is 2.87. The Labute approximate surface area is 119 Å². The van der Waals surface area contributed by atoms with Crippen molar-refractivity contribution in [3.8, 4) is 0 Å². The van der Waals surface area contributed by atoms with Crippen LogP contribution in [0.3, 0.4) is 0 Å². The van der Waals surface area contributed by atoms with E-state index in [4.69, 9.17) is 0 Å². The van der Waals surface area contributed by atoms with Crippen LogP contribution in [-0.4, -0.2) is 12.3 Å². The van der Waals surface area contributed by atoms with Crippen molar-refractivity contribution in [2.45, 2.75) is 13.3 Å². The minimum atomic E-state index is -0.257. The molecule has 3 nitrogen and oxygen atoms in total. The quantitative estimate of drug-likeness (QED) is 0.330. The molecule has 0 aliphatic heterocycles. The maximum atomic E-state index is 13.0. The summed E-state index contributed by atoms with van der Waals surface area (Å²) in [5.74, 6) is -0.257. The Bertz CT molecular complexity index is 501. The third-order valence-corrected chi connectivity index (χ3v) is 2.56. The predicted octanol–water partition coefficient (Wildman–Crippen LogP) is 3.33. The highest BCUT2D eigenvalue weighted by molar-refractivity contribution is 6.01. The lowest BCUT2D eigenvalue weighted by molar-refractivity contribution is 0.627. The summed E-state index contributed by atoms with van der Waals surface area (Å²) in [6.07, 6.45) is 5.98. The molecule has 0 unspecified atom stereocenters. The van der Waals surface area contributed by atoms with Crippen LogP contribution in [0.4, 0.5) is 4.39 Å². The summed E-state index contributed by atoms with van der Waals surface area (Å²) in [4.78, 5) is 0. The Morgan fingerprint density at radius 2 is 2.00 bits per heavy atom. The number of hydrogen-bond acceptors (Lipinski definition) is 3. The first-order valence-corrected chi connectivity index (χ1v) is 6.38. The maximum Gasteiger partial charge on any atom is 0.123 e. The molecule has 0 aliphatic carbocycles. The van der Waals surface area contributed by atoms with Gasteiger partial charge in [-0.15, -0.1) is 6.58 Å². The van der Waals surface area contributed by atoms with E-state index in [1.807, 2.05) is 13.0 Å². The highest BCUT2D eigenvalue weighted by Crippen LogP contribution is 2.08. The molecule has 20 heavy (non-hydrogen) atoms. The van der Waals surface area contributed by atoms with Crippen LogP contribution in [0.2, 0.25) is 0 Å². The summed E-state index contributed by atoms with van der Waals surface area (Å²) < 4.78 is 13.0. The van der Waals surface area contributed by atoms with E-state index in [2.05, 4.69) is 29.0 Å². The molecule has 0 spiro atoms. The summed E-state index contributed by atoms with van der Waals surface area (Å²) in [5, 5.41) is 7.32. The Kier molecular flexibility index (Phi) is 6.82. The molecular formula is C16H20FN3. The van der Waals surface area contributed by atoms with Gasteiger partial charge in [-0.25, -0.2) is 4.39 Å². The number of hydrazone groups is 1. The lowest BCUT2D eigenvalue weighted by Crippen LogP contribution is -2.11. The molecule has 0 amide bonds. The lowest BCUT2D eigenvalue weighted by atomic mass is 10.1. The van der Waals surface area contributed by atoms with Gasteiger partial charge in [-0.2, -0.15) is 5.10 Å². The number of allylic oxidation sites excluding steroid dienone is 2. The number of halogens is 1. The second-order valence-electron chi connectivity index (χ2n) is 4.16. The van der Waals surface area contributed by atoms with Gasteiger partial charge in [0.25, 0.3) is 0 Å². The summed E-state index contributed by atoms with van der Waals surface area (Å²) in [6, 6.07) is 6.29. The van der Waals surface area contributed by atoms with Gasteiger partial charge in [-0.05, 0) is 30.8 Å². The standard InChI is InChI=1S/C16H20FN3/c1-4-12-19-20-16(11-6-13(3)18-5-2)14-7-9-15(17)10-8-14/h4-10,18-19H,1-2,11-12H2,3H3/b13-6+,20-16+. The van der Waals surface area contributed by atoms with E-state index < -0.39 is 0 Å². The molecule has 0 saturated carbocycles. The van der Waals surface area contributed by atoms with Crippen LogP contribution in [0.15, 0.2) is 66.6 Å². The van der Waals surface area contributed by atoms with Crippen LogP contribution in [-0.2, 0) is 0 Å². The molecular weight excluding hydrogens is 253 g/mol. The van der Waals surface area contributed by atoms with Crippen LogP contribution >= 0.6 is 0 Å². The van der Waals surface area contributed by atoms with E-state index in [-0.39, 0.29) is 5.82 Å². The maximum absolute atomic E-state index is 13.0. The smallest absolute Gasteiger partial charge is 0.123 e. The fourth-order valence-corrected chi connectivity index (χ4v) is 1.55. The summed E-state index contributed by atoms with van der Waals surface area (Å²) >= 11 is 0. The van der Waals surface area contributed by atoms with Crippen molar-refractivity contribution in [3.05, 3.63) is 72.9 Å². The number of benzene rings is 1. The first-order chi connectivity index (χ1) is 9.67. The van der Waals surface area contributed by atoms with Gasteiger partial charge in [0.2, 0.25) is 0 Å². The Morgan fingerprint density at radius 1 is 1.30 bits per heavy atom. The van der Waals surface area contributed by atoms with Gasteiger partial charge in [0.1, 0.15) is 5.82 Å². The fourth-order valence-electron chi connectivity index (χ4n) is 1.55. The number of nitrogens with zero attached hydrogens (tertiary/aromatic N) is 1. The highest BCUT2D eigenvalue weighted by atomic mass is 19.1. The normalized spacial score (nSPS) is 11.9. The van der Waals surface area contributed by atoms with Crippen molar-refractivity contribution in [2.75, 3.05) is 6.54 Å². The van der Waals surface area contributed by atoms with Crippen molar-refractivity contribution in [1.82, 2.24) is 10.7 Å². The molecule has 0 bridgehead atoms. The Morgan fingerprint density at radius 3 is 2.60 bits per heavy atom. The fraction of sp³-hybridized carbons (Fsp3) is 0.188. The molecule has 0 aliphatic rings. The van der Waals surface area contributed by atoms with E-state index in [1.54, 1.807) is 24.4 Å². The number of nitrogens with one attached hydrogen (secondary N) is 2. The zero-order valence-corrected chi connectivity index (χ0v) is 11.7. The zero-order chi connectivity index (χ0) is 14.8. The molecule has 0 heterocycles. The van der Waals surface area contributed by atoms with Gasteiger partial charge in [-0.1, -0.05) is 30.9 Å². The summed E-state index contributed by atoms with van der Waals surface area (Å²) in [6.45, 7) is 9.76. The van der Waals surface area contributed by atoms with Gasteiger partial charge in [0, 0.05) is 12.1 Å². The molecule has 0 fully saturated rings. The van der Waals surface area contributed by atoms with Crippen molar-refractivity contribution in [1.29, 1.82) is 0 Å². The second kappa shape index (κ2) is 8.69. The van der Waals surface area contributed by atoms with Crippen molar-refractivity contribution in [3.63, 3.8) is 0 Å². The van der Waals surface area contributed by atoms with Crippen LogP contribution in [0.25, 0.3) is 0 Å². The average molecular weight is 273 g/mol. The van der Waals surface area contributed by atoms with Crippen molar-refractivity contribution in [2.24, 2.45) is 5.10 Å². The van der Waals surface area contributed by atoms with Gasteiger partial charge in [-0.3, -0.25) is 0 Å². The molecule has 0 atom stereocenters. The average Bonchev–Trinajstić information content (AvgIpc) is 2.44. The van der Waals surface area contributed by atoms with Crippen LogP contribution < -0.4 is 10.7 Å². The molecule has 1 aromatic carbocycles. The van der Waals surface area contributed by atoms with Crippen molar-refractivity contribution >= 4 is 5.71 Å². The molecule has 106 valence electrons. The van der Waals surface area contributed by atoms with E-state index in [1.165, 1.54) is 12.1 Å². The van der Waals surface area contributed by atoms with Crippen molar-refractivity contribution < 1.29 is 4.39 Å². The molecule has 1 aromatic rings. The highest BCUT2D eigenvalue weighted by Gasteiger charge is 2.03. The molecule has 0 radical (unpaired) electrons. The molecule has 4 heteroatoms. The largest absolute Gasteiger partial charge is 0.366 e. The molecule has 0 aromatic heterocycles. The number of rotatable bonds is 8. The summed E-state index contributed by atoms with van der Waals surface area (Å²) in [7, 11) is 0. The van der Waals surface area contributed by atoms with Crippen LogP contribution in [0.5, 0.6) is 0 Å². The van der Waals surface area contributed by atoms with E-state index in [9.17, 15) is 4.39 Å². The minimum Gasteiger partial charge on any atom is -0.366 e. The topological polar surface area (TPSA) is 36.4 Å². The van der Waals surface area contributed by atoms with E-state index in [0.717, 1.165) is 17.0 Å². The second-order valence-corrected chi connectivity index (χ2v) is 4.16. The lowest BCUT2D eigenvalue weighted by Gasteiger charge is -2.06. The van der Waals surface area contributed by atoms with Crippen LogP contribution in [0.1, 0.15) is 18.9 Å². The van der Waals surface area contributed by atoms with E-state index in [0.29, 0.717) is 13.0 Å². The van der Waals surface area contributed by atoms with E-state index >= 15 is 0 Å². The minimum absolute atomic E-state index is 0.257. The SMILES string of the molecule is C=CCN/N=C(\C/C=C(\C)NC=C)c1ccc(F)cc1. The third-order valence-electron chi connectivity index (χ3n) is 2.56. The van der Waals surface area contributed by atoms with Gasteiger partial charge in [0.05, 0.1) is 12.3 Å². The van der Waals surface area contributed by atoms with Gasteiger partial charge < -0.3 is 10.7 Å². The third kappa shape index (κ3) is 5.52. The Hall–Kier alpha value is -2.36. The number of hydrogen-bond donors (Lipinski definition) is 2. The predicted molar refractivity (Wildman–Crippen MR) is 82.8 cm³/mol. The molecule has 2 N–H and O–H groups in total. The monoisotopic (exact) mass is 273 g/mol. The van der Waals surface area contributed by atoms with Gasteiger partial charge in [0.15, 0.2) is 0 Å². The summed E-state index contributed by atoms with van der Waals surface area (Å²) in [5.41, 5.74) is 5.61. The van der Waals surface area contributed by atoms with Crippen LogP contribution in [0, 0.1) is 5.82 Å². The molecule has 0 saturated heterocycles. The first kappa shape index (κ1) is 15.7. The van der Waals surface area contributed by atoms with Gasteiger partial charge >= 0.3 is 0 Å². The first-order valence-electron chi connectivity index (χ1n) is 6.38. The zero-order valence-electron chi connectivity index (χ0n) is 11.7. The molecule has 1 rings (SSSR count).